The number of rotatable bonds is 4. The predicted octanol–water partition coefficient (Wildman–Crippen LogP) is 2.14. The van der Waals surface area contributed by atoms with Gasteiger partial charge in [0.25, 0.3) is 0 Å². The second-order valence-electron chi connectivity index (χ2n) is 3.06. The maximum absolute atomic E-state index is 8.72. The molecule has 1 rings (SSSR count). The van der Waals surface area contributed by atoms with Crippen molar-refractivity contribution < 1.29 is 14.7 Å². The Bertz CT molecular complexity index is 355. The van der Waals surface area contributed by atoms with Crippen molar-refractivity contribution in [3.05, 3.63) is 22.2 Å². The molecule has 0 aliphatic carbocycles. The fourth-order valence-corrected chi connectivity index (χ4v) is 1.80. The third-order valence-corrected chi connectivity index (χ3v) is 2.46. The summed E-state index contributed by atoms with van der Waals surface area (Å²) < 4.78 is 10.4. The molecule has 0 unspecified atom stereocenters. The van der Waals surface area contributed by atoms with Crippen molar-refractivity contribution >= 4 is 11.6 Å². The van der Waals surface area contributed by atoms with Crippen LogP contribution in [0, 0.1) is 6.92 Å². The van der Waals surface area contributed by atoms with Crippen LogP contribution in [0.1, 0.15) is 11.1 Å². The molecule has 0 fully saturated rings. The molecule has 0 atom stereocenters. The SMILES string of the molecule is COc1c(Cl)cc(C)c(CNO)c1OC. The van der Waals surface area contributed by atoms with E-state index in [2.05, 4.69) is 5.48 Å². The first kappa shape index (κ1) is 12.1. The maximum Gasteiger partial charge on any atom is 0.179 e. The molecule has 0 bridgehead atoms. The van der Waals surface area contributed by atoms with Gasteiger partial charge in [-0.2, -0.15) is 0 Å². The van der Waals surface area contributed by atoms with E-state index in [0.29, 0.717) is 16.5 Å². The lowest BCUT2D eigenvalue weighted by atomic mass is 10.1. The van der Waals surface area contributed by atoms with Crippen LogP contribution in [0.3, 0.4) is 0 Å². The van der Waals surface area contributed by atoms with Crippen LogP contribution in [0.5, 0.6) is 11.5 Å². The van der Waals surface area contributed by atoms with E-state index in [1.807, 2.05) is 6.92 Å². The Labute approximate surface area is 93.7 Å². The monoisotopic (exact) mass is 231 g/mol. The fraction of sp³-hybridized carbons (Fsp3) is 0.400. The third kappa shape index (κ3) is 2.34. The van der Waals surface area contributed by atoms with E-state index >= 15 is 0 Å². The highest BCUT2D eigenvalue weighted by molar-refractivity contribution is 6.32. The van der Waals surface area contributed by atoms with Gasteiger partial charge in [-0.3, -0.25) is 0 Å². The second kappa shape index (κ2) is 5.21. The molecule has 0 amide bonds. The summed E-state index contributed by atoms with van der Waals surface area (Å²) in [5.41, 5.74) is 3.84. The average molecular weight is 232 g/mol. The van der Waals surface area contributed by atoms with Crippen LogP contribution < -0.4 is 15.0 Å². The van der Waals surface area contributed by atoms with Crippen LogP contribution in [0.4, 0.5) is 0 Å². The summed E-state index contributed by atoms with van der Waals surface area (Å²) in [6.45, 7) is 2.17. The fourth-order valence-electron chi connectivity index (χ4n) is 1.47. The zero-order chi connectivity index (χ0) is 11.4. The van der Waals surface area contributed by atoms with Gasteiger partial charge in [0.1, 0.15) is 0 Å². The van der Waals surface area contributed by atoms with E-state index in [9.17, 15) is 0 Å². The van der Waals surface area contributed by atoms with Crippen LogP contribution in [-0.4, -0.2) is 19.4 Å². The van der Waals surface area contributed by atoms with Crippen LogP contribution >= 0.6 is 11.6 Å². The van der Waals surface area contributed by atoms with Crippen LogP contribution in [0.25, 0.3) is 0 Å². The van der Waals surface area contributed by atoms with Crippen molar-refractivity contribution in [1.82, 2.24) is 5.48 Å². The van der Waals surface area contributed by atoms with E-state index in [1.54, 1.807) is 6.07 Å². The van der Waals surface area contributed by atoms with Gasteiger partial charge in [0.15, 0.2) is 11.5 Å². The van der Waals surface area contributed by atoms with Gasteiger partial charge in [-0.1, -0.05) is 11.6 Å². The summed E-state index contributed by atoms with van der Waals surface area (Å²) in [6.07, 6.45) is 0. The number of ether oxygens (including phenoxy) is 2. The molecule has 5 heteroatoms. The van der Waals surface area contributed by atoms with Gasteiger partial charge in [-0.05, 0) is 18.6 Å². The van der Waals surface area contributed by atoms with E-state index in [0.717, 1.165) is 11.1 Å². The molecule has 1 aromatic carbocycles. The van der Waals surface area contributed by atoms with Crippen molar-refractivity contribution in [3.63, 3.8) is 0 Å². The molecule has 0 aliphatic rings. The Morgan fingerprint density at radius 1 is 1.33 bits per heavy atom. The van der Waals surface area contributed by atoms with Gasteiger partial charge in [0, 0.05) is 12.1 Å². The highest BCUT2D eigenvalue weighted by Crippen LogP contribution is 2.39. The zero-order valence-electron chi connectivity index (χ0n) is 8.93. The van der Waals surface area contributed by atoms with Gasteiger partial charge in [0.05, 0.1) is 19.2 Å². The van der Waals surface area contributed by atoms with E-state index in [4.69, 9.17) is 26.3 Å². The highest BCUT2D eigenvalue weighted by Gasteiger charge is 2.16. The Balaban J connectivity index is 3.35. The normalized spacial score (nSPS) is 10.2. The molecule has 4 nitrogen and oxygen atoms in total. The van der Waals surface area contributed by atoms with Crippen LogP contribution in [0.15, 0.2) is 6.07 Å². The number of hydroxylamine groups is 1. The van der Waals surface area contributed by atoms with Crippen molar-refractivity contribution in [3.8, 4) is 11.5 Å². The molecule has 2 N–H and O–H groups in total. The van der Waals surface area contributed by atoms with E-state index in [1.165, 1.54) is 14.2 Å². The smallest absolute Gasteiger partial charge is 0.179 e. The van der Waals surface area contributed by atoms with Crippen LogP contribution in [-0.2, 0) is 6.54 Å². The molecule has 1 aromatic rings. The largest absolute Gasteiger partial charge is 0.492 e. The Morgan fingerprint density at radius 3 is 2.40 bits per heavy atom. The first-order chi connectivity index (χ1) is 7.15. The zero-order valence-corrected chi connectivity index (χ0v) is 9.68. The van der Waals surface area contributed by atoms with Crippen molar-refractivity contribution in [2.24, 2.45) is 0 Å². The summed E-state index contributed by atoms with van der Waals surface area (Å²) in [5, 5.41) is 9.21. The van der Waals surface area contributed by atoms with Gasteiger partial charge in [-0.15, -0.1) is 0 Å². The predicted molar refractivity (Wildman–Crippen MR) is 57.9 cm³/mol. The van der Waals surface area contributed by atoms with E-state index < -0.39 is 0 Å². The quantitative estimate of drug-likeness (QED) is 0.780. The molecular weight excluding hydrogens is 218 g/mol. The molecule has 84 valence electrons. The van der Waals surface area contributed by atoms with Crippen molar-refractivity contribution in [2.75, 3.05) is 14.2 Å². The first-order valence-electron chi connectivity index (χ1n) is 4.42. The molecule has 0 heterocycles. The number of benzene rings is 1. The Morgan fingerprint density at radius 2 is 1.93 bits per heavy atom. The molecule has 0 spiro atoms. The molecular formula is C10H14ClNO3. The topological polar surface area (TPSA) is 50.7 Å². The lowest BCUT2D eigenvalue weighted by Gasteiger charge is -2.16. The summed E-state index contributed by atoms with van der Waals surface area (Å²) in [7, 11) is 3.06. The number of hydrogen-bond acceptors (Lipinski definition) is 4. The average Bonchev–Trinajstić information content (AvgIpc) is 2.21. The van der Waals surface area contributed by atoms with Gasteiger partial charge < -0.3 is 14.7 Å². The standard InChI is InChI=1S/C10H14ClNO3/c1-6-4-8(11)10(15-3)9(14-2)7(6)5-12-13/h4,12-13H,5H2,1-3H3. The molecule has 0 aliphatic heterocycles. The Hall–Kier alpha value is -0.970. The summed E-state index contributed by atoms with van der Waals surface area (Å²) in [4.78, 5) is 0. The van der Waals surface area contributed by atoms with Gasteiger partial charge in [-0.25, -0.2) is 5.48 Å². The number of aryl methyl sites for hydroxylation is 1. The van der Waals surface area contributed by atoms with Gasteiger partial charge >= 0.3 is 0 Å². The maximum atomic E-state index is 8.72. The first-order valence-corrected chi connectivity index (χ1v) is 4.80. The van der Waals surface area contributed by atoms with Crippen molar-refractivity contribution in [1.29, 1.82) is 0 Å². The Kier molecular flexibility index (Phi) is 4.20. The third-order valence-electron chi connectivity index (χ3n) is 2.18. The highest BCUT2D eigenvalue weighted by atomic mass is 35.5. The molecule has 0 saturated heterocycles. The summed E-state index contributed by atoms with van der Waals surface area (Å²) >= 11 is 6.00. The lowest BCUT2D eigenvalue weighted by Crippen LogP contribution is -2.10. The molecule has 0 saturated carbocycles. The van der Waals surface area contributed by atoms with Crippen LogP contribution in [0.2, 0.25) is 5.02 Å². The molecule has 15 heavy (non-hydrogen) atoms. The minimum atomic E-state index is 0.280. The summed E-state index contributed by atoms with van der Waals surface area (Å²) in [5.74, 6) is 1.03. The number of nitrogens with one attached hydrogen (secondary N) is 1. The second-order valence-corrected chi connectivity index (χ2v) is 3.46. The minimum Gasteiger partial charge on any atom is -0.492 e. The van der Waals surface area contributed by atoms with E-state index in [-0.39, 0.29) is 6.54 Å². The number of hydrogen-bond donors (Lipinski definition) is 2. The minimum absolute atomic E-state index is 0.280. The summed E-state index contributed by atoms with van der Waals surface area (Å²) in [6, 6.07) is 1.77. The lowest BCUT2D eigenvalue weighted by molar-refractivity contribution is 0.159. The van der Waals surface area contributed by atoms with Crippen molar-refractivity contribution in [2.45, 2.75) is 13.5 Å². The number of methoxy groups -OCH3 is 2. The molecule has 0 aromatic heterocycles. The molecule has 0 radical (unpaired) electrons. The van der Waals surface area contributed by atoms with Gasteiger partial charge in [0.2, 0.25) is 0 Å². The number of halogens is 1.